The highest BCUT2D eigenvalue weighted by Gasteiger charge is 2.37. The summed E-state index contributed by atoms with van der Waals surface area (Å²) in [4.78, 5) is 25.4. The van der Waals surface area contributed by atoms with Crippen LogP contribution in [0.1, 0.15) is 30.4 Å². The molecule has 4 nitrogen and oxygen atoms in total. The maximum atomic E-state index is 12.6. The number of amides is 1. The molecule has 1 N–H and O–H groups in total. The van der Waals surface area contributed by atoms with Crippen molar-refractivity contribution in [3.8, 4) is 0 Å². The van der Waals surface area contributed by atoms with Crippen LogP contribution in [0.4, 0.5) is 0 Å². The van der Waals surface area contributed by atoms with E-state index in [9.17, 15) is 14.7 Å². The topological polar surface area (TPSA) is 57.6 Å². The summed E-state index contributed by atoms with van der Waals surface area (Å²) in [5, 5.41) is 9.19. The lowest BCUT2D eigenvalue weighted by molar-refractivity contribution is -0.150. The molecule has 1 aliphatic carbocycles. The lowest BCUT2D eigenvalue weighted by atomic mass is 9.83. The van der Waals surface area contributed by atoms with Crippen molar-refractivity contribution in [2.24, 2.45) is 5.92 Å². The van der Waals surface area contributed by atoms with Gasteiger partial charge in [-0.1, -0.05) is 24.3 Å². The van der Waals surface area contributed by atoms with E-state index >= 15 is 0 Å². The molecule has 1 heterocycles. The fraction of sp³-hybridized carbons (Fsp3) is 0.500. The number of aliphatic carboxylic acids is 1. The highest BCUT2D eigenvalue weighted by Crippen LogP contribution is 2.29. The van der Waals surface area contributed by atoms with E-state index in [1.165, 1.54) is 11.1 Å². The highest BCUT2D eigenvalue weighted by molar-refractivity contribution is 5.86. The van der Waals surface area contributed by atoms with Crippen molar-refractivity contribution in [1.82, 2.24) is 4.90 Å². The van der Waals surface area contributed by atoms with Crippen molar-refractivity contribution >= 4 is 11.9 Å². The van der Waals surface area contributed by atoms with Crippen LogP contribution in [-0.4, -0.2) is 34.5 Å². The van der Waals surface area contributed by atoms with Gasteiger partial charge in [-0.2, -0.15) is 0 Å². The summed E-state index contributed by atoms with van der Waals surface area (Å²) in [5.41, 5.74) is 2.57. The molecule has 2 aliphatic rings. The van der Waals surface area contributed by atoms with Gasteiger partial charge in [0.2, 0.25) is 5.91 Å². The number of nitrogens with zero attached hydrogens (tertiary/aromatic N) is 1. The van der Waals surface area contributed by atoms with Gasteiger partial charge in [-0.25, -0.2) is 4.79 Å². The van der Waals surface area contributed by atoms with Crippen LogP contribution >= 0.6 is 0 Å². The third-order valence-electron chi connectivity index (χ3n) is 4.52. The predicted octanol–water partition coefficient (Wildman–Crippen LogP) is 1.87. The first-order chi connectivity index (χ1) is 9.66. The van der Waals surface area contributed by atoms with Crippen LogP contribution in [0.3, 0.4) is 0 Å². The Labute approximate surface area is 118 Å². The van der Waals surface area contributed by atoms with Crippen molar-refractivity contribution < 1.29 is 14.7 Å². The molecule has 1 aromatic rings. The highest BCUT2D eigenvalue weighted by atomic mass is 16.4. The number of hydrogen-bond acceptors (Lipinski definition) is 2. The van der Waals surface area contributed by atoms with Gasteiger partial charge in [0.05, 0.1) is 0 Å². The van der Waals surface area contributed by atoms with E-state index in [1.807, 2.05) is 12.1 Å². The van der Waals surface area contributed by atoms with Crippen LogP contribution in [0.5, 0.6) is 0 Å². The predicted molar refractivity (Wildman–Crippen MR) is 74.3 cm³/mol. The van der Waals surface area contributed by atoms with Gasteiger partial charge in [-0.15, -0.1) is 0 Å². The number of aryl methyl sites for hydroxylation is 1. The quantitative estimate of drug-likeness (QED) is 0.895. The van der Waals surface area contributed by atoms with E-state index in [1.54, 1.807) is 4.90 Å². The number of likely N-dealkylation sites (tertiary alicyclic amines) is 1. The maximum Gasteiger partial charge on any atom is 0.326 e. The molecule has 1 fully saturated rings. The Hall–Kier alpha value is -1.84. The summed E-state index contributed by atoms with van der Waals surface area (Å²) >= 11 is 0. The Kier molecular flexibility index (Phi) is 3.47. The summed E-state index contributed by atoms with van der Waals surface area (Å²) in [7, 11) is 0. The van der Waals surface area contributed by atoms with Gasteiger partial charge in [0.25, 0.3) is 0 Å². The molecule has 0 spiro atoms. The van der Waals surface area contributed by atoms with E-state index in [-0.39, 0.29) is 11.8 Å². The molecular weight excluding hydrogens is 254 g/mol. The number of carbonyl (C=O) groups is 2. The Morgan fingerprint density at radius 2 is 1.90 bits per heavy atom. The molecule has 2 atom stereocenters. The Morgan fingerprint density at radius 1 is 1.15 bits per heavy atom. The largest absolute Gasteiger partial charge is 0.480 e. The zero-order valence-corrected chi connectivity index (χ0v) is 11.4. The van der Waals surface area contributed by atoms with E-state index in [0.717, 1.165) is 25.7 Å². The number of benzene rings is 1. The Balaban J connectivity index is 1.74. The third kappa shape index (κ3) is 2.30. The summed E-state index contributed by atoms with van der Waals surface area (Å²) in [6.07, 6.45) is 3.88. The van der Waals surface area contributed by atoms with E-state index < -0.39 is 12.0 Å². The fourth-order valence-corrected chi connectivity index (χ4v) is 3.43. The summed E-state index contributed by atoms with van der Waals surface area (Å²) in [6, 6.07) is 7.61. The first-order valence-electron chi connectivity index (χ1n) is 7.27. The molecule has 1 aromatic carbocycles. The lowest BCUT2D eigenvalue weighted by Gasteiger charge is -2.29. The van der Waals surface area contributed by atoms with Crippen LogP contribution in [0.25, 0.3) is 0 Å². The third-order valence-corrected chi connectivity index (χ3v) is 4.52. The molecule has 1 saturated heterocycles. The summed E-state index contributed by atoms with van der Waals surface area (Å²) in [5.74, 6) is -0.888. The minimum Gasteiger partial charge on any atom is -0.480 e. The first kappa shape index (κ1) is 13.2. The van der Waals surface area contributed by atoms with Gasteiger partial charge in [0.1, 0.15) is 6.04 Å². The zero-order chi connectivity index (χ0) is 14.1. The van der Waals surface area contributed by atoms with Crippen LogP contribution in [0, 0.1) is 5.92 Å². The molecule has 0 radical (unpaired) electrons. The fourth-order valence-electron chi connectivity index (χ4n) is 3.43. The molecule has 0 aromatic heterocycles. The molecule has 1 amide bonds. The molecule has 1 unspecified atom stereocenters. The molecule has 0 bridgehead atoms. The van der Waals surface area contributed by atoms with Gasteiger partial charge < -0.3 is 10.0 Å². The zero-order valence-electron chi connectivity index (χ0n) is 11.4. The van der Waals surface area contributed by atoms with Crippen LogP contribution in [0.2, 0.25) is 0 Å². The van der Waals surface area contributed by atoms with Crippen molar-refractivity contribution in [3.63, 3.8) is 0 Å². The molecule has 3 rings (SSSR count). The number of carboxylic acids is 1. The first-order valence-corrected chi connectivity index (χ1v) is 7.27. The number of rotatable bonds is 2. The maximum absolute atomic E-state index is 12.6. The van der Waals surface area contributed by atoms with Crippen LogP contribution in [-0.2, 0) is 22.4 Å². The van der Waals surface area contributed by atoms with Crippen molar-refractivity contribution in [3.05, 3.63) is 35.4 Å². The van der Waals surface area contributed by atoms with E-state index in [0.29, 0.717) is 13.0 Å². The van der Waals surface area contributed by atoms with Crippen molar-refractivity contribution in [2.45, 2.75) is 38.1 Å². The van der Waals surface area contributed by atoms with Gasteiger partial charge in [0, 0.05) is 12.5 Å². The van der Waals surface area contributed by atoms with Crippen LogP contribution in [0.15, 0.2) is 24.3 Å². The second-order valence-corrected chi connectivity index (χ2v) is 5.74. The minimum atomic E-state index is -0.868. The van der Waals surface area contributed by atoms with E-state index in [2.05, 4.69) is 12.1 Å². The molecule has 4 heteroatoms. The molecule has 106 valence electrons. The van der Waals surface area contributed by atoms with Gasteiger partial charge in [0.15, 0.2) is 0 Å². The van der Waals surface area contributed by atoms with Crippen molar-refractivity contribution in [1.29, 1.82) is 0 Å². The number of hydrogen-bond donors (Lipinski definition) is 1. The second kappa shape index (κ2) is 5.27. The average molecular weight is 273 g/mol. The molecule has 0 saturated carbocycles. The second-order valence-electron chi connectivity index (χ2n) is 5.74. The monoisotopic (exact) mass is 273 g/mol. The standard InChI is InChI=1S/C16H19NO3/c18-15(17-9-3-6-14(17)16(19)20)13-8-7-11-4-1-2-5-12(11)10-13/h1-2,4-5,13-14H,3,6-10H2,(H,19,20)/t13?,14-/m1/s1. The summed E-state index contributed by atoms with van der Waals surface area (Å²) in [6.45, 7) is 0.591. The smallest absolute Gasteiger partial charge is 0.326 e. The summed E-state index contributed by atoms with van der Waals surface area (Å²) < 4.78 is 0. The molecule has 1 aliphatic heterocycles. The average Bonchev–Trinajstić information content (AvgIpc) is 2.95. The SMILES string of the molecule is O=C(O)[C@H]1CCCN1C(=O)C1CCc2ccccc2C1. The molecular formula is C16H19NO3. The number of fused-ring (bicyclic) bond motifs is 1. The van der Waals surface area contributed by atoms with Gasteiger partial charge in [-0.05, 0) is 43.2 Å². The lowest BCUT2D eigenvalue weighted by Crippen LogP contribution is -2.44. The number of carbonyl (C=O) groups excluding carboxylic acids is 1. The molecule has 20 heavy (non-hydrogen) atoms. The number of carboxylic acid groups (broad SMARTS) is 1. The van der Waals surface area contributed by atoms with Gasteiger partial charge in [-0.3, -0.25) is 4.79 Å². The van der Waals surface area contributed by atoms with Gasteiger partial charge >= 0.3 is 5.97 Å². The Bertz CT molecular complexity index is 540. The Morgan fingerprint density at radius 3 is 2.65 bits per heavy atom. The van der Waals surface area contributed by atoms with Crippen LogP contribution < -0.4 is 0 Å². The van der Waals surface area contributed by atoms with Crippen molar-refractivity contribution in [2.75, 3.05) is 6.54 Å². The normalized spacial score (nSPS) is 25.3. The van der Waals surface area contributed by atoms with E-state index in [4.69, 9.17) is 0 Å². The minimum absolute atomic E-state index is 0.0319.